The first-order valence-corrected chi connectivity index (χ1v) is 9.11. The second kappa shape index (κ2) is 8.56. The van der Waals surface area contributed by atoms with Gasteiger partial charge in [0, 0.05) is 25.5 Å². The van der Waals surface area contributed by atoms with Crippen molar-refractivity contribution in [1.29, 1.82) is 0 Å². The molecule has 3 aromatic rings. The maximum atomic E-state index is 11.1. The summed E-state index contributed by atoms with van der Waals surface area (Å²) in [5.74, 6) is 2.40. The molecule has 0 aliphatic carbocycles. The number of hydrogen-bond donors (Lipinski definition) is 1. The quantitative estimate of drug-likeness (QED) is 0.677. The minimum Gasteiger partial charge on any atom is -0.268 e. The summed E-state index contributed by atoms with van der Waals surface area (Å²) < 4.78 is 2.02. The minimum absolute atomic E-state index is 0.181. The van der Waals surface area contributed by atoms with Gasteiger partial charge in [0.25, 0.3) is 5.56 Å². The highest BCUT2D eigenvalue weighted by Gasteiger charge is 2.12. The lowest BCUT2D eigenvalue weighted by molar-refractivity contribution is 0.560. The summed E-state index contributed by atoms with van der Waals surface area (Å²) in [6.07, 6.45) is 3.28. The zero-order chi connectivity index (χ0) is 18.4. The van der Waals surface area contributed by atoms with E-state index >= 15 is 0 Å². The van der Waals surface area contributed by atoms with Gasteiger partial charge in [0.2, 0.25) is 0 Å². The Hall–Kier alpha value is -2.76. The van der Waals surface area contributed by atoms with Crippen molar-refractivity contribution < 1.29 is 0 Å². The molecule has 0 spiro atoms. The van der Waals surface area contributed by atoms with Crippen LogP contribution >= 0.6 is 0 Å². The molecule has 2 heterocycles. The van der Waals surface area contributed by atoms with Crippen molar-refractivity contribution in [2.45, 2.75) is 46.1 Å². The number of rotatable bonds is 8. The molecule has 0 amide bonds. The highest BCUT2D eigenvalue weighted by atomic mass is 16.1. The molecular weight excluding hydrogens is 326 g/mol. The number of nitrogens with zero attached hydrogens (tertiary/aromatic N) is 4. The molecule has 0 fully saturated rings. The Labute approximate surface area is 153 Å². The summed E-state index contributed by atoms with van der Waals surface area (Å²) in [5.41, 5.74) is 1.97. The van der Waals surface area contributed by atoms with Crippen molar-refractivity contribution in [2.24, 2.45) is 5.92 Å². The molecule has 1 aromatic carbocycles. The van der Waals surface area contributed by atoms with Crippen LogP contribution in [0.15, 0.2) is 47.3 Å². The van der Waals surface area contributed by atoms with E-state index in [4.69, 9.17) is 10.1 Å². The smallest absolute Gasteiger partial charge is 0.264 e. The van der Waals surface area contributed by atoms with Crippen LogP contribution < -0.4 is 5.56 Å². The van der Waals surface area contributed by atoms with E-state index in [1.807, 2.05) is 10.7 Å². The Morgan fingerprint density at radius 2 is 1.85 bits per heavy atom. The molecule has 0 radical (unpaired) electrons. The first kappa shape index (κ1) is 18.0. The van der Waals surface area contributed by atoms with Gasteiger partial charge in [-0.1, -0.05) is 44.2 Å². The molecule has 3 rings (SSSR count). The molecular formula is C20H25N5O. The van der Waals surface area contributed by atoms with Crippen LogP contribution in [0.4, 0.5) is 0 Å². The third-order valence-electron chi connectivity index (χ3n) is 4.18. The first-order chi connectivity index (χ1) is 12.6. The summed E-state index contributed by atoms with van der Waals surface area (Å²) in [4.78, 5) is 15.9. The zero-order valence-electron chi connectivity index (χ0n) is 15.4. The molecule has 26 heavy (non-hydrogen) atoms. The van der Waals surface area contributed by atoms with Crippen molar-refractivity contribution in [3.8, 4) is 0 Å². The normalized spacial score (nSPS) is 11.2. The molecule has 0 aliphatic heterocycles. The van der Waals surface area contributed by atoms with Crippen LogP contribution in [-0.2, 0) is 32.2 Å². The predicted octanol–water partition coefficient (Wildman–Crippen LogP) is 2.59. The van der Waals surface area contributed by atoms with Crippen LogP contribution in [0.3, 0.4) is 0 Å². The van der Waals surface area contributed by atoms with E-state index in [0.29, 0.717) is 5.92 Å². The summed E-state index contributed by atoms with van der Waals surface area (Å²) in [7, 11) is 0. The van der Waals surface area contributed by atoms with Crippen molar-refractivity contribution in [3.05, 3.63) is 75.7 Å². The molecule has 0 saturated carbocycles. The Morgan fingerprint density at radius 3 is 2.54 bits per heavy atom. The summed E-state index contributed by atoms with van der Waals surface area (Å²) in [5, 5.41) is 11.3. The Bertz CT molecular complexity index is 862. The summed E-state index contributed by atoms with van der Waals surface area (Å²) >= 11 is 0. The monoisotopic (exact) mass is 351 g/mol. The van der Waals surface area contributed by atoms with Crippen molar-refractivity contribution in [1.82, 2.24) is 25.0 Å². The molecule has 6 heteroatoms. The van der Waals surface area contributed by atoms with E-state index in [0.717, 1.165) is 49.6 Å². The lowest BCUT2D eigenvalue weighted by atomic mass is 10.1. The highest BCUT2D eigenvalue weighted by molar-refractivity contribution is 5.14. The number of H-pyrrole nitrogens is 1. The fraction of sp³-hybridized carbons (Fsp3) is 0.400. The number of aromatic nitrogens is 5. The molecule has 1 N–H and O–H groups in total. The van der Waals surface area contributed by atoms with E-state index in [9.17, 15) is 4.79 Å². The molecule has 0 atom stereocenters. The third kappa shape index (κ3) is 5.12. The van der Waals surface area contributed by atoms with E-state index in [-0.39, 0.29) is 5.56 Å². The van der Waals surface area contributed by atoms with E-state index in [1.165, 1.54) is 11.6 Å². The van der Waals surface area contributed by atoms with Gasteiger partial charge < -0.3 is 0 Å². The van der Waals surface area contributed by atoms with Gasteiger partial charge in [-0.15, -0.1) is 0 Å². The number of benzene rings is 1. The topological polar surface area (TPSA) is 76.5 Å². The molecule has 136 valence electrons. The second-order valence-corrected chi connectivity index (χ2v) is 6.91. The molecule has 0 saturated heterocycles. The van der Waals surface area contributed by atoms with Gasteiger partial charge in [0.15, 0.2) is 5.82 Å². The number of aryl methyl sites for hydroxylation is 4. The van der Waals surface area contributed by atoms with Gasteiger partial charge in [0.1, 0.15) is 5.82 Å². The fourth-order valence-corrected chi connectivity index (χ4v) is 2.87. The van der Waals surface area contributed by atoms with Crippen LogP contribution in [0.25, 0.3) is 0 Å². The van der Waals surface area contributed by atoms with Crippen LogP contribution in [-0.4, -0.2) is 25.0 Å². The maximum absolute atomic E-state index is 11.1. The lowest BCUT2D eigenvalue weighted by Gasteiger charge is -2.06. The first-order valence-electron chi connectivity index (χ1n) is 9.11. The Kier molecular flexibility index (Phi) is 5.94. The Balaban J connectivity index is 1.71. The van der Waals surface area contributed by atoms with Crippen molar-refractivity contribution >= 4 is 0 Å². The van der Waals surface area contributed by atoms with Crippen LogP contribution in [0, 0.1) is 5.92 Å². The van der Waals surface area contributed by atoms with Crippen LogP contribution in [0.5, 0.6) is 0 Å². The number of aromatic amines is 1. The van der Waals surface area contributed by atoms with Crippen molar-refractivity contribution in [3.63, 3.8) is 0 Å². The minimum atomic E-state index is -0.181. The van der Waals surface area contributed by atoms with Crippen LogP contribution in [0.1, 0.15) is 36.8 Å². The maximum Gasteiger partial charge on any atom is 0.264 e. The van der Waals surface area contributed by atoms with Gasteiger partial charge in [-0.3, -0.25) is 4.79 Å². The van der Waals surface area contributed by atoms with Gasteiger partial charge >= 0.3 is 0 Å². The average molecular weight is 351 g/mol. The van der Waals surface area contributed by atoms with Crippen molar-refractivity contribution in [2.75, 3.05) is 0 Å². The highest BCUT2D eigenvalue weighted by Crippen LogP contribution is 2.10. The number of nitrogens with one attached hydrogen (secondary N) is 1. The largest absolute Gasteiger partial charge is 0.268 e. The summed E-state index contributed by atoms with van der Waals surface area (Å²) in [6.45, 7) is 5.16. The molecule has 0 bridgehead atoms. The van der Waals surface area contributed by atoms with Gasteiger partial charge in [-0.25, -0.2) is 14.8 Å². The second-order valence-electron chi connectivity index (χ2n) is 6.91. The van der Waals surface area contributed by atoms with Gasteiger partial charge in [-0.2, -0.15) is 10.2 Å². The van der Waals surface area contributed by atoms with E-state index in [2.05, 4.69) is 48.3 Å². The van der Waals surface area contributed by atoms with Gasteiger partial charge in [-0.05, 0) is 30.4 Å². The summed E-state index contributed by atoms with van der Waals surface area (Å²) in [6, 6.07) is 13.7. The average Bonchev–Trinajstić information content (AvgIpc) is 3.01. The van der Waals surface area contributed by atoms with E-state index in [1.54, 1.807) is 6.07 Å². The fourth-order valence-electron chi connectivity index (χ4n) is 2.87. The van der Waals surface area contributed by atoms with Gasteiger partial charge in [0.05, 0.1) is 5.69 Å². The lowest BCUT2D eigenvalue weighted by Crippen LogP contribution is -2.11. The number of hydrogen-bond acceptors (Lipinski definition) is 4. The third-order valence-corrected chi connectivity index (χ3v) is 4.18. The standard InChI is InChI=1S/C20H25N5O/c1-15(2)14-18-21-19(10-8-17-9-11-20(26)23-22-17)25(24-18)13-12-16-6-4-3-5-7-16/h3-7,9,11,15H,8,10,12-14H2,1-2H3,(H,23,26). The zero-order valence-corrected chi connectivity index (χ0v) is 15.4. The molecule has 6 nitrogen and oxygen atoms in total. The molecule has 0 unspecified atom stereocenters. The Morgan fingerprint density at radius 1 is 1.04 bits per heavy atom. The molecule has 0 aliphatic rings. The molecule has 2 aromatic heterocycles. The van der Waals surface area contributed by atoms with E-state index < -0.39 is 0 Å². The predicted molar refractivity (Wildman–Crippen MR) is 101 cm³/mol. The van der Waals surface area contributed by atoms with Crippen LogP contribution in [0.2, 0.25) is 0 Å². The SMILES string of the molecule is CC(C)Cc1nc(CCc2ccc(=O)[nH]n2)n(CCc2ccccc2)n1.